The molecule has 3 nitrogen and oxygen atoms in total. The molecule has 1 aromatic heterocycles. The first-order chi connectivity index (χ1) is 12.2. The van der Waals surface area contributed by atoms with Gasteiger partial charge in [0.05, 0.1) is 4.90 Å². The molecule has 3 rings (SSSR count). The largest absolute Gasteiger partial charge is 0.241 e. The Kier molecular flexibility index (Phi) is 5.35. The molecule has 0 radical (unpaired) electrons. The molecule has 1 aromatic carbocycles. The zero-order valence-corrected chi connectivity index (χ0v) is 18.0. The third-order valence-corrected chi connectivity index (χ3v) is 9.20. The average Bonchev–Trinajstić information content (AvgIpc) is 3.28. The number of benzene rings is 1. The molecule has 0 saturated heterocycles. The lowest BCUT2D eigenvalue weighted by Gasteiger charge is -2.29. The molecule has 2 aromatic rings. The van der Waals surface area contributed by atoms with Crippen LogP contribution >= 0.6 is 11.3 Å². The maximum Gasteiger partial charge on any atom is 0.241 e. The fourth-order valence-electron chi connectivity index (χ4n) is 4.32. The van der Waals surface area contributed by atoms with Crippen molar-refractivity contribution in [2.24, 2.45) is 0 Å². The maximum absolute atomic E-state index is 13.3. The van der Waals surface area contributed by atoms with Crippen molar-refractivity contribution in [3.8, 4) is 0 Å². The van der Waals surface area contributed by atoms with Crippen LogP contribution in [0.25, 0.3) is 0 Å². The SMILES string of the molecule is Cc1c(C)c(C)c(S(=O)(=O)NCC2(c3cccs3)CCCC2)c(C)c1C. The van der Waals surface area contributed by atoms with Crippen molar-refractivity contribution in [3.63, 3.8) is 0 Å². The summed E-state index contributed by atoms with van der Waals surface area (Å²) >= 11 is 1.74. The number of hydrogen-bond acceptors (Lipinski definition) is 3. The van der Waals surface area contributed by atoms with Crippen LogP contribution in [0, 0.1) is 34.6 Å². The van der Waals surface area contributed by atoms with Crippen molar-refractivity contribution in [1.29, 1.82) is 0 Å². The van der Waals surface area contributed by atoms with Gasteiger partial charge in [0.25, 0.3) is 0 Å². The summed E-state index contributed by atoms with van der Waals surface area (Å²) in [5.74, 6) is 0. The van der Waals surface area contributed by atoms with E-state index in [4.69, 9.17) is 0 Å². The third-order valence-electron chi connectivity index (χ3n) is 6.41. The Bertz CT molecular complexity index is 877. The van der Waals surface area contributed by atoms with E-state index in [1.807, 2.05) is 27.7 Å². The van der Waals surface area contributed by atoms with Crippen LogP contribution in [0.3, 0.4) is 0 Å². The van der Waals surface area contributed by atoms with Gasteiger partial charge in [0.1, 0.15) is 0 Å². The van der Waals surface area contributed by atoms with Gasteiger partial charge in [-0.1, -0.05) is 18.9 Å². The van der Waals surface area contributed by atoms with E-state index in [9.17, 15) is 8.42 Å². The van der Waals surface area contributed by atoms with Crippen molar-refractivity contribution >= 4 is 21.4 Å². The lowest BCUT2D eigenvalue weighted by molar-refractivity contribution is 0.440. The standard InChI is InChI=1S/C21H29NO2S2/c1-14-15(2)17(4)20(18(5)16(14)3)26(23,24)22-13-21(10-6-7-11-21)19-9-8-12-25-19/h8-9,12,22H,6-7,10-11,13H2,1-5H3. The highest BCUT2D eigenvalue weighted by Crippen LogP contribution is 2.43. The van der Waals surface area contributed by atoms with Gasteiger partial charge in [0, 0.05) is 16.8 Å². The Morgan fingerprint density at radius 1 is 0.962 bits per heavy atom. The van der Waals surface area contributed by atoms with Crippen LogP contribution in [0.2, 0.25) is 0 Å². The molecule has 5 heteroatoms. The minimum atomic E-state index is -3.55. The highest BCUT2D eigenvalue weighted by Gasteiger charge is 2.38. The van der Waals surface area contributed by atoms with E-state index < -0.39 is 10.0 Å². The topological polar surface area (TPSA) is 46.2 Å². The van der Waals surface area contributed by atoms with Crippen molar-refractivity contribution in [3.05, 3.63) is 50.2 Å². The molecule has 1 saturated carbocycles. The summed E-state index contributed by atoms with van der Waals surface area (Å²) in [6.07, 6.45) is 4.45. The molecule has 1 fully saturated rings. The van der Waals surface area contributed by atoms with Gasteiger partial charge in [-0.2, -0.15) is 0 Å². The fourth-order valence-corrected chi connectivity index (χ4v) is 7.03. The second-order valence-corrected chi connectivity index (χ2v) is 10.4. The Hall–Kier alpha value is -1.17. The van der Waals surface area contributed by atoms with Gasteiger partial charge in [-0.3, -0.25) is 0 Å². The van der Waals surface area contributed by atoms with Gasteiger partial charge in [-0.15, -0.1) is 11.3 Å². The second kappa shape index (κ2) is 7.10. The van der Waals surface area contributed by atoms with Crippen molar-refractivity contribution in [1.82, 2.24) is 4.72 Å². The molecule has 26 heavy (non-hydrogen) atoms. The zero-order chi connectivity index (χ0) is 19.1. The third kappa shape index (κ3) is 3.25. The first-order valence-corrected chi connectivity index (χ1v) is 11.7. The van der Waals surface area contributed by atoms with E-state index in [0.29, 0.717) is 11.4 Å². The number of thiophene rings is 1. The summed E-state index contributed by atoms with van der Waals surface area (Å²) in [6.45, 7) is 10.4. The summed E-state index contributed by atoms with van der Waals surface area (Å²) in [5, 5.41) is 2.09. The van der Waals surface area contributed by atoms with Gasteiger partial charge in [-0.05, 0) is 86.7 Å². The van der Waals surface area contributed by atoms with E-state index in [2.05, 4.69) is 29.2 Å². The van der Waals surface area contributed by atoms with Gasteiger partial charge >= 0.3 is 0 Å². The van der Waals surface area contributed by atoms with Crippen molar-refractivity contribution < 1.29 is 8.42 Å². The van der Waals surface area contributed by atoms with Gasteiger partial charge in [-0.25, -0.2) is 13.1 Å². The van der Waals surface area contributed by atoms with Crippen molar-refractivity contribution in [2.75, 3.05) is 6.54 Å². The Labute approximate surface area is 161 Å². The first-order valence-electron chi connectivity index (χ1n) is 9.30. The molecular formula is C21H29NO2S2. The van der Waals surface area contributed by atoms with E-state index in [0.717, 1.165) is 35.1 Å². The number of nitrogens with one attached hydrogen (secondary N) is 1. The summed E-state index contributed by atoms with van der Waals surface area (Å²) < 4.78 is 29.5. The molecular weight excluding hydrogens is 362 g/mol. The fraction of sp³-hybridized carbons (Fsp3) is 0.524. The van der Waals surface area contributed by atoms with Crippen LogP contribution in [0.5, 0.6) is 0 Å². The van der Waals surface area contributed by atoms with Crippen LogP contribution in [0.1, 0.15) is 58.4 Å². The monoisotopic (exact) mass is 391 g/mol. The minimum absolute atomic E-state index is 0.0438. The van der Waals surface area contributed by atoms with E-state index in [1.165, 1.54) is 23.3 Å². The highest BCUT2D eigenvalue weighted by molar-refractivity contribution is 7.89. The molecule has 0 spiro atoms. The van der Waals surface area contributed by atoms with Crippen LogP contribution in [0.15, 0.2) is 22.4 Å². The molecule has 142 valence electrons. The second-order valence-electron chi connectivity index (χ2n) is 7.74. The lowest BCUT2D eigenvalue weighted by Crippen LogP contribution is -2.39. The smallest absolute Gasteiger partial charge is 0.210 e. The van der Waals surface area contributed by atoms with Gasteiger partial charge in [0.2, 0.25) is 10.0 Å². The Morgan fingerprint density at radius 2 is 1.50 bits per heavy atom. The van der Waals surface area contributed by atoms with Crippen molar-refractivity contribution in [2.45, 2.75) is 70.6 Å². The van der Waals surface area contributed by atoms with Crippen LogP contribution in [-0.4, -0.2) is 15.0 Å². The first kappa shape index (κ1) is 19.6. The predicted molar refractivity (Wildman–Crippen MR) is 110 cm³/mol. The van der Waals surface area contributed by atoms with Crippen LogP contribution < -0.4 is 4.72 Å². The quantitative estimate of drug-likeness (QED) is 0.772. The molecule has 0 bridgehead atoms. The summed E-state index contributed by atoms with van der Waals surface area (Å²) in [6, 6.07) is 4.22. The van der Waals surface area contributed by atoms with E-state index >= 15 is 0 Å². The van der Waals surface area contributed by atoms with Gasteiger partial charge < -0.3 is 0 Å². The molecule has 1 N–H and O–H groups in total. The summed E-state index contributed by atoms with van der Waals surface area (Å²) in [4.78, 5) is 1.78. The lowest BCUT2D eigenvalue weighted by atomic mass is 9.85. The summed E-state index contributed by atoms with van der Waals surface area (Å²) in [7, 11) is -3.55. The predicted octanol–water partition coefficient (Wildman–Crippen LogP) is 5.08. The molecule has 0 aliphatic heterocycles. The normalized spacial score (nSPS) is 17.0. The molecule has 0 atom stereocenters. The average molecular weight is 392 g/mol. The molecule has 1 heterocycles. The van der Waals surface area contributed by atoms with Crippen LogP contribution in [0.4, 0.5) is 0 Å². The Morgan fingerprint density at radius 3 is 2.00 bits per heavy atom. The minimum Gasteiger partial charge on any atom is -0.210 e. The van der Waals surface area contributed by atoms with E-state index in [1.54, 1.807) is 11.3 Å². The maximum atomic E-state index is 13.3. The van der Waals surface area contributed by atoms with E-state index in [-0.39, 0.29) is 5.41 Å². The molecule has 1 aliphatic carbocycles. The molecule has 0 unspecified atom stereocenters. The highest BCUT2D eigenvalue weighted by atomic mass is 32.2. The summed E-state index contributed by atoms with van der Waals surface area (Å²) in [5.41, 5.74) is 5.02. The van der Waals surface area contributed by atoms with Crippen LogP contribution in [-0.2, 0) is 15.4 Å². The number of rotatable bonds is 5. The molecule has 0 amide bonds. The van der Waals surface area contributed by atoms with Gasteiger partial charge in [0.15, 0.2) is 0 Å². The Balaban J connectivity index is 1.96. The number of hydrogen-bond donors (Lipinski definition) is 1. The number of sulfonamides is 1. The molecule has 1 aliphatic rings. The zero-order valence-electron chi connectivity index (χ0n) is 16.4.